The van der Waals surface area contributed by atoms with Gasteiger partial charge in [-0.25, -0.2) is 0 Å². The number of carbonyl (C=O) groups is 1. The molecule has 0 N–H and O–H groups in total. The van der Waals surface area contributed by atoms with E-state index >= 15 is 0 Å². The summed E-state index contributed by atoms with van der Waals surface area (Å²) in [5.41, 5.74) is 2.84. The van der Waals surface area contributed by atoms with Crippen molar-refractivity contribution in [2.24, 2.45) is 0 Å². The number of ether oxygens (including phenoxy) is 1. The number of rotatable bonds is 2. The molecule has 0 aliphatic carbocycles. The van der Waals surface area contributed by atoms with Crippen molar-refractivity contribution in [1.29, 1.82) is 0 Å². The lowest BCUT2D eigenvalue weighted by molar-refractivity contribution is 0.0724. The molecule has 0 bridgehead atoms. The van der Waals surface area contributed by atoms with Gasteiger partial charge < -0.3 is 9.64 Å². The minimum absolute atomic E-state index is 0.0524. The van der Waals surface area contributed by atoms with Crippen LogP contribution in [0.25, 0.3) is 0 Å². The molecule has 0 saturated carbocycles. The van der Waals surface area contributed by atoms with Crippen LogP contribution in [0.5, 0.6) is 5.75 Å². The summed E-state index contributed by atoms with van der Waals surface area (Å²) in [7, 11) is 7.56. The Balaban J connectivity index is 2.26. The van der Waals surface area contributed by atoms with Crippen LogP contribution in [-0.2, 0) is 0 Å². The molecule has 0 aromatic heterocycles. The molecule has 1 aliphatic rings. The summed E-state index contributed by atoms with van der Waals surface area (Å²) in [6, 6.07) is 3.76. The summed E-state index contributed by atoms with van der Waals surface area (Å²) in [6.07, 6.45) is 1.98. The maximum absolute atomic E-state index is 12.5. The molecule has 0 spiro atoms. The number of hydrogen-bond acceptors (Lipinski definition) is 2. The van der Waals surface area contributed by atoms with Gasteiger partial charge in [-0.2, -0.15) is 0 Å². The molecule has 1 unspecified atom stereocenters. The highest BCUT2D eigenvalue weighted by Crippen LogP contribution is 2.26. The van der Waals surface area contributed by atoms with Crippen LogP contribution >= 0.6 is 0 Å². The molecule has 1 aromatic carbocycles. The van der Waals surface area contributed by atoms with Crippen molar-refractivity contribution < 1.29 is 9.53 Å². The Morgan fingerprint density at radius 2 is 2.16 bits per heavy atom. The SMILES string of the molecule is [B]C1CCCN(C(=O)c2cc(C)c(C)c(OC)c2)C1. The summed E-state index contributed by atoms with van der Waals surface area (Å²) in [4.78, 5) is 14.3. The Kier molecular flexibility index (Phi) is 4.18. The molecule has 1 fully saturated rings. The molecule has 1 heterocycles. The zero-order valence-electron chi connectivity index (χ0n) is 11.9. The van der Waals surface area contributed by atoms with Crippen LogP contribution in [0.1, 0.15) is 34.3 Å². The van der Waals surface area contributed by atoms with Gasteiger partial charge in [0.05, 0.1) is 15.0 Å². The first-order chi connectivity index (χ1) is 9.02. The van der Waals surface area contributed by atoms with Gasteiger partial charge in [-0.15, -0.1) is 0 Å². The molecule has 1 aliphatic heterocycles. The van der Waals surface area contributed by atoms with Crippen molar-refractivity contribution in [2.75, 3.05) is 20.2 Å². The minimum Gasteiger partial charge on any atom is -0.496 e. The smallest absolute Gasteiger partial charge is 0.253 e. The quantitative estimate of drug-likeness (QED) is 0.762. The fourth-order valence-corrected chi connectivity index (χ4v) is 2.54. The summed E-state index contributed by atoms with van der Waals surface area (Å²) in [6.45, 7) is 5.44. The Labute approximate surface area is 116 Å². The molecular weight excluding hydrogens is 237 g/mol. The number of methoxy groups -OCH3 is 1. The normalized spacial score (nSPS) is 19.3. The second kappa shape index (κ2) is 5.68. The average molecular weight is 257 g/mol. The number of benzene rings is 1. The van der Waals surface area contributed by atoms with Crippen molar-refractivity contribution in [2.45, 2.75) is 32.5 Å². The van der Waals surface area contributed by atoms with E-state index in [4.69, 9.17) is 12.6 Å². The fraction of sp³-hybridized carbons (Fsp3) is 0.533. The second-order valence-corrected chi connectivity index (χ2v) is 5.27. The van der Waals surface area contributed by atoms with E-state index < -0.39 is 0 Å². The first-order valence-corrected chi connectivity index (χ1v) is 6.73. The third-order valence-electron chi connectivity index (χ3n) is 3.83. The molecule has 2 radical (unpaired) electrons. The van der Waals surface area contributed by atoms with Crippen LogP contribution in [0.15, 0.2) is 12.1 Å². The predicted molar refractivity (Wildman–Crippen MR) is 77.1 cm³/mol. The second-order valence-electron chi connectivity index (χ2n) is 5.27. The fourth-order valence-electron chi connectivity index (χ4n) is 2.54. The van der Waals surface area contributed by atoms with E-state index in [2.05, 4.69) is 0 Å². The zero-order chi connectivity index (χ0) is 14.0. The van der Waals surface area contributed by atoms with E-state index in [0.717, 1.165) is 36.3 Å². The number of piperidine rings is 1. The maximum atomic E-state index is 12.5. The number of carbonyl (C=O) groups excluding carboxylic acids is 1. The van der Waals surface area contributed by atoms with Gasteiger partial charge in [0.2, 0.25) is 0 Å². The summed E-state index contributed by atoms with van der Waals surface area (Å²) in [5.74, 6) is 0.923. The lowest BCUT2D eigenvalue weighted by atomic mass is 9.80. The molecule has 2 rings (SSSR count). The standard InChI is InChI=1S/C15H20BNO2/c1-10-7-12(8-14(19-3)11(10)2)15(18)17-6-4-5-13(16)9-17/h7-8,13H,4-6,9H2,1-3H3. The lowest BCUT2D eigenvalue weighted by Gasteiger charge is -2.31. The molecular formula is C15H20BNO2. The van der Waals surface area contributed by atoms with Gasteiger partial charge in [-0.05, 0) is 43.5 Å². The van der Waals surface area contributed by atoms with Crippen LogP contribution in [0.4, 0.5) is 0 Å². The minimum atomic E-state index is 0.0524. The molecule has 100 valence electrons. The zero-order valence-corrected chi connectivity index (χ0v) is 11.9. The predicted octanol–water partition coefficient (Wildman–Crippen LogP) is 2.51. The van der Waals surface area contributed by atoms with Crippen molar-refractivity contribution in [1.82, 2.24) is 4.90 Å². The van der Waals surface area contributed by atoms with Gasteiger partial charge in [0.15, 0.2) is 0 Å². The largest absolute Gasteiger partial charge is 0.496 e. The Bertz CT molecular complexity index is 487. The maximum Gasteiger partial charge on any atom is 0.253 e. The number of aryl methyl sites for hydroxylation is 1. The first kappa shape index (κ1) is 14.0. The third kappa shape index (κ3) is 2.94. The highest BCUT2D eigenvalue weighted by Gasteiger charge is 2.22. The van der Waals surface area contributed by atoms with Crippen molar-refractivity contribution in [3.8, 4) is 5.75 Å². The summed E-state index contributed by atoms with van der Waals surface area (Å²) < 4.78 is 5.33. The highest BCUT2D eigenvalue weighted by atomic mass is 16.5. The van der Waals surface area contributed by atoms with Crippen LogP contribution < -0.4 is 4.74 Å². The van der Waals surface area contributed by atoms with Gasteiger partial charge in [0.1, 0.15) is 5.75 Å². The molecule has 19 heavy (non-hydrogen) atoms. The van der Waals surface area contributed by atoms with Gasteiger partial charge in [0, 0.05) is 18.7 Å². The summed E-state index contributed by atoms with van der Waals surface area (Å²) >= 11 is 0. The Morgan fingerprint density at radius 1 is 1.42 bits per heavy atom. The number of nitrogens with zero attached hydrogens (tertiary/aromatic N) is 1. The number of hydrogen-bond donors (Lipinski definition) is 0. The van der Waals surface area contributed by atoms with Crippen LogP contribution in [-0.4, -0.2) is 38.9 Å². The first-order valence-electron chi connectivity index (χ1n) is 6.73. The van der Waals surface area contributed by atoms with Crippen molar-refractivity contribution in [3.63, 3.8) is 0 Å². The molecule has 1 amide bonds. The highest BCUT2D eigenvalue weighted by molar-refractivity contribution is 6.12. The van der Waals surface area contributed by atoms with E-state index in [9.17, 15) is 4.79 Å². The van der Waals surface area contributed by atoms with E-state index in [1.165, 1.54) is 0 Å². The monoisotopic (exact) mass is 257 g/mol. The van der Waals surface area contributed by atoms with Crippen LogP contribution in [0.3, 0.4) is 0 Å². The van der Waals surface area contributed by atoms with Crippen LogP contribution in [0.2, 0.25) is 5.82 Å². The average Bonchev–Trinajstić information content (AvgIpc) is 2.41. The number of likely N-dealkylation sites (tertiary alicyclic amines) is 1. The molecule has 1 aromatic rings. The van der Waals surface area contributed by atoms with Gasteiger partial charge >= 0.3 is 0 Å². The van der Waals surface area contributed by atoms with E-state index in [1.807, 2.05) is 30.9 Å². The van der Waals surface area contributed by atoms with E-state index in [0.29, 0.717) is 12.1 Å². The lowest BCUT2D eigenvalue weighted by Crippen LogP contribution is -2.38. The van der Waals surface area contributed by atoms with Gasteiger partial charge in [0.25, 0.3) is 5.91 Å². The Morgan fingerprint density at radius 3 is 2.79 bits per heavy atom. The molecule has 1 saturated heterocycles. The van der Waals surface area contributed by atoms with E-state index in [1.54, 1.807) is 7.11 Å². The van der Waals surface area contributed by atoms with Gasteiger partial charge in [-0.1, -0.05) is 12.2 Å². The van der Waals surface area contributed by atoms with Gasteiger partial charge in [-0.3, -0.25) is 4.79 Å². The Hall–Kier alpha value is -1.45. The molecule has 1 atom stereocenters. The molecule has 3 nitrogen and oxygen atoms in total. The topological polar surface area (TPSA) is 29.5 Å². The van der Waals surface area contributed by atoms with Crippen molar-refractivity contribution in [3.05, 3.63) is 28.8 Å². The van der Waals surface area contributed by atoms with E-state index in [-0.39, 0.29) is 11.7 Å². The number of amides is 1. The third-order valence-corrected chi connectivity index (χ3v) is 3.83. The van der Waals surface area contributed by atoms with Crippen LogP contribution in [0, 0.1) is 13.8 Å². The van der Waals surface area contributed by atoms with Crippen molar-refractivity contribution >= 4 is 13.8 Å². The summed E-state index contributed by atoms with van der Waals surface area (Å²) in [5, 5.41) is 0. The molecule has 4 heteroatoms.